The number of thiocarbonyl (C=S) groups is 1. The van der Waals surface area contributed by atoms with Gasteiger partial charge in [0.05, 0.1) is 0 Å². The highest BCUT2D eigenvalue weighted by Crippen LogP contribution is 2.21. The van der Waals surface area contributed by atoms with Gasteiger partial charge in [-0.15, -0.1) is 0 Å². The number of hydrogen-bond acceptors (Lipinski definition) is 2. The molecule has 2 aromatic carbocycles. The minimum Gasteiger partial charge on any atom is -0.365 e. The number of nitrogens with zero attached hydrogens (tertiary/aromatic N) is 2. The molecule has 1 heterocycles. The molecule has 2 aromatic rings. The molecule has 3 rings (SSSR count). The second-order valence-electron chi connectivity index (χ2n) is 6.97. The van der Waals surface area contributed by atoms with E-state index in [0.717, 1.165) is 31.3 Å². The second kappa shape index (κ2) is 7.87. The van der Waals surface area contributed by atoms with E-state index in [4.69, 9.17) is 12.2 Å². The third kappa shape index (κ3) is 4.51. The van der Waals surface area contributed by atoms with Gasteiger partial charge in [0.1, 0.15) is 0 Å². The molecule has 1 aliphatic rings. The van der Waals surface area contributed by atoms with Crippen LogP contribution in [0.5, 0.6) is 0 Å². The zero-order valence-corrected chi connectivity index (χ0v) is 16.1. The molecule has 1 saturated heterocycles. The fourth-order valence-electron chi connectivity index (χ4n) is 3.26. The Morgan fingerprint density at radius 2 is 1.60 bits per heavy atom. The SMILES string of the molecule is Cc1ccc(CNC(=S)N2CCN(c3ccc(C)cc3)[C@H](C)C2)cc1. The Labute approximate surface area is 156 Å². The molecule has 0 spiro atoms. The summed E-state index contributed by atoms with van der Waals surface area (Å²) < 4.78 is 0. The van der Waals surface area contributed by atoms with Crippen molar-refractivity contribution in [3.05, 3.63) is 65.2 Å². The lowest BCUT2D eigenvalue weighted by Crippen LogP contribution is -2.55. The first kappa shape index (κ1) is 17.7. The van der Waals surface area contributed by atoms with Crippen LogP contribution in [-0.2, 0) is 6.54 Å². The fourth-order valence-corrected chi connectivity index (χ4v) is 3.50. The highest BCUT2D eigenvalue weighted by Gasteiger charge is 2.25. The first-order valence-corrected chi connectivity index (χ1v) is 9.35. The van der Waals surface area contributed by atoms with Crippen molar-refractivity contribution in [3.8, 4) is 0 Å². The maximum atomic E-state index is 5.62. The summed E-state index contributed by atoms with van der Waals surface area (Å²) in [6, 6.07) is 17.8. The Balaban J connectivity index is 1.54. The molecule has 0 bridgehead atoms. The van der Waals surface area contributed by atoms with Crippen LogP contribution in [0, 0.1) is 13.8 Å². The number of benzene rings is 2. The third-order valence-electron chi connectivity index (χ3n) is 4.84. The summed E-state index contributed by atoms with van der Waals surface area (Å²) >= 11 is 5.62. The molecule has 1 fully saturated rings. The van der Waals surface area contributed by atoms with Gasteiger partial charge < -0.3 is 15.1 Å². The van der Waals surface area contributed by atoms with Crippen LogP contribution < -0.4 is 10.2 Å². The zero-order chi connectivity index (χ0) is 17.8. The summed E-state index contributed by atoms with van der Waals surface area (Å²) in [7, 11) is 0. The molecular formula is C21H27N3S. The van der Waals surface area contributed by atoms with Gasteiger partial charge in [0.15, 0.2) is 5.11 Å². The van der Waals surface area contributed by atoms with E-state index in [1.807, 2.05) is 0 Å². The molecule has 0 saturated carbocycles. The number of hydrogen-bond donors (Lipinski definition) is 1. The van der Waals surface area contributed by atoms with Crippen LogP contribution in [0.25, 0.3) is 0 Å². The second-order valence-corrected chi connectivity index (χ2v) is 7.35. The number of piperazine rings is 1. The molecule has 1 N–H and O–H groups in total. The number of nitrogens with one attached hydrogen (secondary N) is 1. The predicted octanol–water partition coefficient (Wildman–Crippen LogP) is 3.89. The molecule has 0 aliphatic carbocycles. The van der Waals surface area contributed by atoms with Crippen LogP contribution in [-0.4, -0.2) is 35.7 Å². The van der Waals surface area contributed by atoms with Crippen molar-refractivity contribution in [2.24, 2.45) is 0 Å². The van der Waals surface area contributed by atoms with E-state index in [-0.39, 0.29) is 0 Å². The lowest BCUT2D eigenvalue weighted by Gasteiger charge is -2.42. The van der Waals surface area contributed by atoms with Gasteiger partial charge in [-0.3, -0.25) is 0 Å². The summed E-state index contributed by atoms with van der Waals surface area (Å²) in [5, 5.41) is 4.27. The summed E-state index contributed by atoms with van der Waals surface area (Å²) in [5.74, 6) is 0. The van der Waals surface area contributed by atoms with E-state index in [1.54, 1.807) is 0 Å². The molecular weight excluding hydrogens is 326 g/mol. The van der Waals surface area contributed by atoms with Crippen molar-refractivity contribution < 1.29 is 0 Å². The molecule has 0 unspecified atom stereocenters. The van der Waals surface area contributed by atoms with Gasteiger partial charge in [0.2, 0.25) is 0 Å². The van der Waals surface area contributed by atoms with E-state index in [1.165, 1.54) is 22.4 Å². The van der Waals surface area contributed by atoms with E-state index in [2.05, 4.69) is 84.4 Å². The van der Waals surface area contributed by atoms with Crippen LogP contribution >= 0.6 is 12.2 Å². The lowest BCUT2D eigenvalue weighted by molar-refractivity contribution is 0.334. The smallest absolute Gasteiger partial charge is 0.169 e. The highest BCUT2D eigenvalue weighted by atomic mass is 32.1. The Hall–Kier alpha value is -2.07. The largest absolute Gasteiger partial charge is 0.365 e. The molecule has 1 aliphatic heterocycles. The maximum absolute atomic E-state index is 5.62. The quantitative estimate of drug-likeness (QED) is 0.844. The number of anilines is 1. The Bertz CT molecular complexity index is 709. The van der Waals surface area contributed by atoms with E-state index < -0.39 is 0 Å². The van der Waals surface area contributed by atoms with Gasteiger partial charge in [0, 0.05) is 37.9 Å². The normalized spacial score (nSPS) is 17.5. The van der Waals surface area contributed by atoms with Crippen molar-refractivity contribution in [3.63, 3.8) is 0 Å². The van der Waals surface area contributed by atoms with E-state index in [9.17, 15) is 0 Å². The fraction of sp³-hybridized carbons (Fsp3) is 0.381. The van der Waals surface area contributed by atoms with Crippen molar-refractivity contribution in [2.45, 2.75) is 33.4 Å². The van der Waals surface area contributed by atoms with Crippen LogP contribution in [0.4, 0.5) is 5.69 Å². The molecule has 0 aromatic heterocycles. The first-order chi connectivity index (χ1) is 12.0. The molecule has 3 nitrogen and oxygen atoms in total. The van der Waals surface area contributed by atoms with Crippen LogP contribution in [0.1, 0.15) is 23.6 Å². The van der Waals surface area contributed by atoms with Crippen molar-refractivity contribution in [1.82, 2.24) is 10.2 Å². The van der Waals surface area contributed by atoms with Crippen molar-refractivity contribution >= 4 is 23.0 Å². The van der Waals surface area contributed by atoms with Crippen molar-refractivity contribution in [1.29, 1.82) is 0 Å². The number of rotatable bonds is 3. The molecule has 0 radical (unpaired) electrons. The molecule has 4 heteroatoms. The average molecular weight is 354 g/mol. The van der Waals surface area contributed by atoms with Gasteiger partial charge >= 0.3 is 0 Å². The van der Waals surface area contributed by atoms with E-state index in [0.29, 0.717) is 6.04 Å². The summed E-state index contributed by atoms with van der Waals surface area (Å²) in [6.45, 7) is 10.2. The Morgan fingerprint density at radius 3 is 2.20 bits per heavy atom. The lowest BCUT2D eigenvalue weighted by atomic mass is 10.1. The van der Waals surface area contributed by atoms with Gasteiger partial charge in [-0.1, -0.05) is 47.5 Å². The highest BCUT2D eigenvalue weighted by molar-refractivity contribution is 7.80. The zero-order valence-electron chi connectivity index (χ0n) is 15.3. The summed E-state index contributed by atoms with van der Waals surface area (Å²) in [4.78, 5) is 4.76. The number of aryl methyl sites for hydroxylation is 2. The predicted molar refractivity (Wildman–Crippen MR) is 110 cm³/mol. The monoisotopic (exact) mass is 353 g/mol. The Kier molecular flexibility index (Phi) is 5.59. The minimum atomic E-state index is 0.440. The van der Waals surface area contributed by atoms with Crippen LogP contribution in [0.2, 0.25) is 0 Å². The topological polar surface area (TPSA) is 18.5 Å². The van der Waals surface area contributed by atoms with Crippen LogP contribution in [0.3, 0.4) is 0 Å². The molecule has 25 heavy (non-hydrogen) atoms. The minimum absolute atomic E-state index is 0.440. The van der Waals surface area contributed by atoms with Gasteiger partial charge in [-0.05, 0) is 50.7 Å². The molecule has 132 valence electrons. The summed E-state index contributed by atoms with van der Waals surface area (Å²) in [5.41, 5.74) is 5.15. The van der Waals surface area contributed by atoms with Gasteiger partial charge in [-0.25, -0.2) is 0 Å². The van der Waals surface area contributed by atoms with E-state index >= 15 is 0 Å². The van der Waals surface area contributed by atoms with Crippen molar-refractivity contribution in [2.75, 3.05) is 24.5 Å². The molecule has 1 atom stereocenters. The standard InChI is InChI=1S/C21H27N3S/c1-16-4-8-19(9-5-16)14-22-21(25)23-12-13-24(18(3)15-23)20-10-6-17(2)7-11-20/h4-11,18H,12-15H2,1-3H3,(H,22,25)/t18-/m1/s1. The first-order valence-electron chi connectivity index (χ1n) is 8.94. The van der Waals surface area contributed by atoms with Gasteiger partial charge in [-0.2, -0.15) is 0 Å². The van der Waals surface area contributed by atoms with Gasteiger partial charge in [0.25, 0.3) is 0 Å². The average Bonchev–Trinajstić information content (AvgIpc) is 2.62. The van der Waals surface area contributed by atoms with Crippen LogP contribution in [0.15, 0.2) is 48.5 Å². The Morgan fingerprint density at radius 1 is 1.00 bits per heavy atom. The third-order valence-corrected chi connectivity index (χ3v) is 5.25. The molecule has 0 amide bonds. The summed E-state index contributed by atoms with van der Waals surface area (Å²) in [6.07, 6.45) is 0. The maximum Gasteiger partial charge on any atom is 0.169 e.